The molecule has 6 nitrogen and oxygen atoms in total. The fraction of sp³-hybridized carbons (Fsp3) is 0.318. The number of nitrogens with two attached hydrogens (primary N) is 1. The maximum atomic E-state index is 5.86. The molecule has 0 aliphatic carbocycles. The molecule has 144 valence electrons. The number of aryl methyl sites for hydroxylation is 1. The standard InChI is InChI=1S/C22H25N5O/c1-12(2)19-17-10-16(22-27-26-21(28-22)13(3)11-23)5-6-18(17)25-20(19)15-7-8-24-14(4)9-15/h5-10,12-13,25H,11,23H2,1-4H3. The second-order valence-electron chi connectivity index (χ2n) is 7.60. The highest BCUT2D eigenvalue weighted by Crippen LogP contribution is 2.37. The first-order chi connectivity index (χ1) is 13.5. The zero-order chi connectivity index (χ0) is 19.8. The molecule has 0 amide bonds. The van der Waals surface area contributed by atoms with Gasteiger partial charge in [-0.2, -0.15) is 0 Å². The molecule has 0 fully saturated rings. The van der Waals surface area contributed by atoms with Crippen LogP contribution in [-0.2, 0) is 0 Å². The molecule has 0 saturated carbocycles. The van der Waals surface area contributed by atoms with Gasteiger partial charge in [0.15, 0.2) is 0 Å². The molecule has 1 unspecified atom stereocenters. The number of hydrogen-bond donors (Lipinski definition) is 2. The first-order valence-electron chi connectivity index (χ1n) is 9.60. The average molecular weight is 375 g/mol. The summed E-state index contributed by atoms with van der Waals surface area (Å²) in [7, 11) is 0. The molecule has 0 aliphatic rings. The predicted octanol–water partition coefficient (Wildman–Crippen LogP) is 4.77. The Kier molecular flexibility index (Phi) is 4.73. The van der Waals surface area contributed by atoms with E-state index in [9.17, 15) is 0 Å². The van der Waals surface area contributed by atoms with Crippen molar-refractivity contribution in [3.8, 4) is 22.7 Å². The van der Waals surface area contributed by atoms with Crippen molar-refractivity contribution in [1.82, 2.24) is 20.2 Å². The van der Waals surface area contributed by atoms with Crippen molar-refractivity contribution in [1.29, 1.82) is 0 Å². The van der Waals surface area contributed by atoms with E-state index in [2.05, 4.69) is 52.2 Å². The Morgan fingerprint density at radius 3 is 2.61 bits per heavy atom. The van der Waals surface area contributed by atoms with E-state index in [1.165, 1.54) is 10.9 Å². The highest BCUT2D eigenvalue weighted by atomic mass is 16.4. The third kappa shape index (κ3) is 3.20. The number of nitrogens with one attached hydrogen (secondary N) is 1. The highest BCUT2D eigenvalue weighted by molar-refractivity contribution is 5.93. The van der Waals surface area contributed by atoms with Gasteiger partial charge in [-0.3, -0.25) is 4.98 Å². The number of benzene rings is 1. The summed E-state index contributed by atoms with van der Waals surface area (Å²) in [6, 6.07) is 10.4. The van der Waals surface area contributed by atoms with Crippen molar-refractivity contribution in [3.05, 3.63) is 53.7 Å². The molecule has 28 heavy (non-hydrogen) atoms. The number of nitrogens with zero attached hydrogens (tertiary/aromatic N) is 3. The molecule has 0 radical (unpaired) electrons. The fourth-order valence-corrected chi connectivity index (χ4v) is 3.53. The molecule has 3 aromatic heterocycles. The molecule has 1 aromatic carbocycles. The summed E-state index contributed by atoms with van der Waals surface area (Å²) in [5, 5.41) is 9.54. The van der Waals surface area contributed by atoms with E-state index in [0.717, 1.165) is 28.0 Å². The fourth-order valence-electron chi connectivity index (χ4n) is 3.53. The monoisotopic (exact) mass is 375 g/mol. The van der Waals surface area contributed by atoms with Crippen LogP contribution in [0.15, 0.2) is 40.9 Å². The molecule has 0 bridgehead atoms. The van der Waals surface area contributed by atoms with Gasteiger partial charge in [-0.1, -0.05) is 20.8 Å². The largest absolute Gasteiger partial charge is 0.420 e. The van der Waals surface area contributed by atoms with Crippen LogP contribution in [-0.4, -0.2) is 26.7 Å². The number of rotatable bonds is 5. The second kappa shape index (κ2) is 7.20. The summed E-state index contributed by atoms with van der Waals surface area (Å²) in [4.78, 5) is 7.91. The van der Waals surface area contributed by atoms with E-state index in [1.807, 2.05) is 32.2 Å². The number of aromatic nitrogens is 4. The minimum absolute atomic E-state index is 0.0463. The summed E-state index contributed by atoms with van der Waals surface area (Å²) >= 11 is 0. The van der Waals surface area contributed by atoms with E-state index >= 15 is 0 Å². The molecule has 4 rings (SSSR count). The number of hydrogen-bond acceptors (Lipinski definition) is 5. The molecular formula is C22H25N5O. The first kappa shape index (κ1) is 18.4. The van der Waals surface area contributed by atoms with E-state index in [4.69, 9.17) is 10.2 Å². The summed E-state index contributed by atoms with van der Waals surface area (Å²) in [5.41, 5.74) is 12.3. The van der Waals surface area contributed by atoms with Gasteiger partial charge < -0.3 is 15.1 Å². The molecule has 4 aromatic rings. The van der Waals surface area contributed by atoms with Gasteiger partial charge in [0.05, 0.1) is 5.69 Å². The molecule has 0 saturated heterocycles. The van der Waals surface area contributed by atoms with Crippen LogP contribution in [0.5, 0.6) is 0 Å². The van der Waals surface area contributed by atoms with E-state index < -0.39 is 0 Å². The van der Waals surface area contributed by atoms with Gasteiger partial charge in [-0.05, 0) is 48.7 Å². The SMILES string of the molecule is Cc1cc(-c2[nH]c3ccc(-c4nnc(C(C)CN)o4)cc3c2C(C)C)ccn1. The van der Waals surface area contributed by atoms with Crippen LogP contribution < -0.4 is 5.73 Å². The van der Waals surface area contributed by atoms with Gasteiger partial charge in [0.1, 0.15) is 0 Å². The van der Waals surface area contributed by atoms with Crippen LogP contribution >= 0.6 is 0 Å². The Balaban J connectivity index is 1.85. The zero-order valence-electron chi connectivity index (χ0n) is 16.7. The lowest BCUT2D eigenvalue weighted by molar-refractivity contribution is 0.471. The third-order valence-corrected chi connectivity index (χ3v) is 5.06. The topological polar surface area (TPSA) is 93.6 Å². The zero-order valence-corrected chi connectivity index (χ0v) is 16.7. The molecule has 6 heteroatoms. The van der Waals surface area contributed by atoms with Crippen LogP contribution in [0, 0.1) is 6.92 Å². The Hall–Kier alpha value is -2.99. The molecule has 0 spiro atoms. The number of pyridine rings is 1. The van der Waals surface area contributed by atoms with Gasteiger partial charge >= 0.3 is 0 Å². The van der Waals surface area contributed by atoms with E-state index in [0.29, 0.717) is 24.2 Å². The number of H-pyrrole nitrogens is 1. The predicted molar refractivity (Wildman–Crippen MR) is 111 cm³/mol. The van der Waals surface area contributed by atoms with Crippen molar-refractivity contribution in [2.24, 2.45) is 5.73 Å². The average Bonchev–Trinajstić information content (AvgIpc) is 3.31. The summed E-state index contributed by atoms with van der Waals surface area (Å²) < 4.78 is 5.86. The molecule has 3 heterocycles. The lowest BCUT2D eigenvalue weighted by Crippen LogP contribution is -2.08. The molecule has 1 atom stereocenters. The van der Waals surface area contributed by atoms with E-state index in [-0.39, 0.29) is 5.92 Å². The lowest BCUT2D eigenvalue weighted by atomic mass is 9.95. The van der Waals surface area contributed by atoms with Gasteiger partial charge in [-0.15, -0.1) is 10.2 Å². The van der Waals surface area contributed by atoms with Gasteiger partial charge in [0, 0.05) is 46.4 Å². The van der Waals surface area contributed by atoms with Crippen molar-refractivity contribution >= 4 is 10.9 Å². The molecule has 3 N–H and O–H groups in total. The maximum Gasteiger partial charge on any atom is 0.247 e. The van der Waals surface area contributed by atoms with Gasteiger partial charge in [-0.25, -0.2) is 0 Å². The van der Waals surface area contributed by atoms with Crippen LogP contribution in [0.25, 0.3) is 33.6 Å². The van der Waals surface area contributed by atoms with Gasteiger partial charge in [0.2, 0.25) is 11.8 Å². The van der Waals surface area contributed by atoms with Crippen LogP contribution in [0.2, 0.25) is 0 Å². The minimum atomic E-state index is 0.0463. The summed E-state index contributed by atoms with van der Waals surface area (Å²) in [5.74, 6) is 1.49. The van der Waals surface area contributed by atoms with Crippen LogP contribution in [0.4, 0.5) is 0 Å². The van der Waals surface area contributed by atoms with Gasteiger partial charge in [0.25, 0.3) is 0 Å². The van der Waals surface area contributed by atoms with Crippen molar-refractivity contribution < 1.29 is 4.42 Å². The minimum Gasteiger partial charge on any atom is -0.420 e. The number of aromatic amines is 1. The maximum absolute atomic E-state index is 5.86. The smallest absolute Gasteiger partial charge is 0.247 e. The van der Waals surface area contributed by atoms with Crippen molar-refractivity contribution in [3.63, 3.8) is 0 Å². The first-order valence-corrected chi connectivity index (χ1v) is 9.60. The van der Waals surface area contributed by atoms with Crippen LogP contribution in [0.1, 0.15) is 49.8 Å². The van der Waals surface area contributed by atoms with Crippen molar-refractivity contribution in [2.45, 2.75) is 39.5 Å². The van der Waals surface area contributed by atoms with Crippen LogP contribution in [0.3, 0.4) is 0 Å². The highest BCUT2D eigenvalue weighted by Gasteiger charge is 2.19. The Morgan fingerprint density at radius 2 is 1.89 bits per heavy atom. The molecular weight excluding hydrogens is 350 g/mol. The Morgan fingerprint density at radius 1 is 1.07 bits per heavy atom. The normalized spacial score (nSPS) is 12.8. The Bertz CT molecular complexity index is 1130. The van der Waals surface area contributed by atoms with Crippen molar-refractivity contribution in [2.75, 3.05) is 6.54 Å². The van der Waals surface area contributed by atoms with E-state index in [1.54, 1.807) is 0 Å². The summed E-state index contributed by atoms with van der Waals surface area (Å²) in [6.45, 7) is 8.88. The number of fused-ring (bicyclic) bond motifs is 1. The third-order valence-electron chi connectivity index (χ3n) is 5.06. The lowest BCUT2D eigenvalue weighted by Gasteiger charge is -2.09. The molecule has 0 aliphatic heterocycles. The Labute approximate surface area is 164 Å². The second-order valence-corrected chi connectivity index (χ2v) is 7.60. The quantitative estimate of drug-likeness (QED) is 0.524. The summed E-state index contributed by atoms with van der Waals surface area (Å²) in [6.07, 6.45) is 1.85.